The van der Waals surface area contributed by atoms with Gasteiger partial charge in [0, 0.05) is 41.2 Å². The van der Waals surface area contributed by atoms with E-state index >= 15 is 0 Å². The van der Waals surface area contributed by atoms with E-state index < -0.39 is 34.2 Å². The van der Waals surface area contributed by atoms with Crippen molar-refractivity contribution in [2.75, 3.05) is 40.8 Å². The summed E-state index contributed by atoms with van der Waals surface area (Å²) in [6.07, 6.45) is 12.0. The second kappa shape index (κ2) is 12.8. The van der Waals surface area contributed by atoms with Gasteiger partial charge in [0.05, 0.1) is 21.8 Å². The van der Waals surface area contributed by atoms with Crippen molar-refractivity contribution in [3.63, 3.8) is 0 Å². The Morgan fingerprint density at radius 1 is 0.615 bits per heavy atom. The summed E-state index contributed by atoms with van der Waals surface area (Å²) in [7, 11) is 6.28. The van der Waals surface area contributed by atoms with Crippen molar-refractivity contribution in [2.24, 2.45) is 0 Å². The summed E-state index contributed by atoms with van der Waals surface area (Å²) < 4.78 is 18.1. The van der Waals surface area contributed by atoms with E-state index in [1.54, 1.807) is 24.3 Å². The van der Waals surface area contributed by atoms with Crippen molar-refractivity contribution in [1.29, 1.82) is 0 Å². The third-order valence-electron chi connectivity index (χ3n) is 18.6. The zero-order chi connectivity index (χ0) is 44.9. The first-order valence-corrected chi connectivity index (χ1v) is 23.4. The zero-order valence-corrected chi connectivity index (χ0v) is 37.1. The molecule has 5 N–H and O–H groups in total. The van der Waals surface area contributed by atoms with Crippen molar-refractivity contribution < 1.29 is 49.3 Å². The molecule has 13 heteroatoms. The molecule has 0 radical (unpaired) electrons. The summed E-state index contributed by atoms with van der Waals surface area (Å²) in [6.45, 7) is 4.86. The van der Waals surface area contributed by atoms with Crippen LogP contribution < -0.4 is 14.2 Å². The minimum Gasteiger partial charge on any atom is -0.504 e. The molecular formula is C52H55N3O10. The van der Waals surface area contributed by atoms with Gasteiger partial charge in [-0.05, 0) is 151 Å². The smallest absolute Gasteiger partial charge is 0.196 e. The first kappa shape index (κ1) is 40.1. The van der Waals surface area contributed by atoms with Gasteiger partial charge in [0.1, 0.15) is 11.7 Å². The number of hydrogen-bond donors (Lipinski definition) is 5. The van der Waals surface area contributed by atoms with Crippen molar-refractivity contribution in [2.45, 2.75) is 122 Å². The Kier molecular flexibility index (Phi) is 7.92. The molecule has 3 spiro atoms. The molecule has 3 saturated heterocycles. The lowest BCUT2D eigenvalue weighted by molar-refractivity contribution is -0.185. The number of benzene rings is 3. The number of carbonyl (C=O) groups excluding carboxylic acids is 2. The van der Waals surface area contributed by atoms with Crippen LogP contribution in [0.2, 0.25) is 0 Å². The van der Waals surface area contributed by atoms with E-state index in [0.29, 0.717) is 55.4 Å². The molecule has 4 fully saturated rings. The maximum atomic E-state index is 12.5. The Morgan fingerprint density at radius 3 is 1.86 bits per heavy atom. The number of Topliss-reactive ketones (excluding diaryl/α,β-unsaturated/α-hetero) is 1. The molecule has 0 amide bonds. The zero-order valence-electron chi connectivity index (χ0n) is 37.1. The fourth-order valence-electron chi connectivity index (χ4n) is 15.7. The molecule has 12 aliphatic rings. The molecule has 15 rings (SSSR count). The van der Waals surface area contributed by atoms with Gasteiger partial charge in [0.25, 0.3) is 0 Å². The van der Waals surface area contributed by atoms with Gasteiger partial charge in [-0.3, -0.25) is 19.4 Å². The van der Waals surface area contributed by atoms with Gasteiger partial charge >= 0.3 is 0 Å². The molecule has 3 aromatic carbocycles. The van der Waals surface area contributed by atoms with Crippen LogP contribution >= 0.6 is 0 Å². The molecule has 3 aromatic rings. The van der Waals surface area contributed by atoms with Gasteiger partial charge in [0.2, 0.25) is 0 Å². The third kappa shape index (κ3) is 4.53. The van der Waals surface area contributed by atoms with E-state index in [-0.39, 0.29) is 46.7 Å². The number of ketones is 2. The SMILES string of the molecule is CC1=CC=C2[C@H]3Cc4ccc(O)c5c4[C@@]2(CCN3C)[C@H]1O5.CN1CC[C@]23c4c5ccc(O)c4O[C@H]2C(=O)C=C[C@@]3(O)[C@H]1C5.CN1CC[C@]23c4c5ccc(O)c4O[C@H]2C(=O)CC[C@@]3(O)[C@H]1C5. The fourth-order valence-corrected chi connectivity index (χ4v) is 15.7. The highest BCUT2D eigenvalue weighted by Crippen LogP contribution is 2.66. The number of nitrogens with zero attached hydrogens (tertiary/aromatic N) is 3. The number of aliphatic hydroxyl groups is 2. The van der Waals surface area contributed by atoms with Gasteiger partial charge < -0.3 is 44.6 Å². The molecule has 1 saturated carbocycles. The average Bonchev–Trinajstić information content (AvgIpc) is 3.96. The largest absolute Gasteiger partial charge is 0.504 e. The first-order chi connectivity index (χ1) is 31.1. The van der Waals surface area contributed by atoms with Crippen LogP contribution in [0.3, 0.4) is 0 Å². The van der Waals surface area contributed by atoms with E-state index in [1.165, 1.54) is 28.3 Å². The highest BCUT2D eigenvalue weighted by molar-refractivity contribution is 5.99. The number of likely N-dealkylation sites (tertiary alicyclic amines) is 3. The summed E-state index contributed by atoms with van der Waals surface area (Å²) in [5.74, 6) is 1.90. The van der Waals surface area contributed by atoms with Gasteiger partial charge in [-0.1, -0.05) is 30.4 Å². The lowest BCUT2D eigenvalue weighted by Gasteiger charge is -2.61. The fraction of sp³-hybridized carbons (Fsp3) is 0.500. The molecule has 13 nitrogen and oxygen atoms in total. The lowest BCUT2D eigenvalue weighted by Crippen LogP contribution is -2.76. The topological polar surface area (TPSA) is 173 Å². The van der Waals surface area contributed by atoms with Crippen molar-refractivity contribution in [1.82, 2.24) is 14.7 Å². The number of ether oxygens (including phenoxy) is 3. The van der Waals surface area contributed by atoms with E-state index in [4.69, 9.17) is 14.2 Å². The number of carbonyl (C=O) groups is 2. The Labute approximate surface area is 377 Å². The highest BCUT2D eigenvalue weighted by atomic mass is 16.5. The third-order valence-corrected chi connectivity index (χ3v) is 18.6. The Morgan fingerprint density at radius 2 is 1.17 bits per heavy atom. The van der Waals surface area contributed by atoms with Gasteiger partial charge in [-0.2, -0.15) is 0 Å². The molecular weight excluding hydrogens is 827 g/mol. The summed E-state index contributed by atoms with van der Waals surface area (Å²) in [5, 5.41) is 53.8. The summed E-state index contributed by atoms with van der Waals surface area (Å²) in [6, 6.07) is 11.4. The van der Waals surface area contributed by atoms with E-state index in [1.807, 2.05) is 26.2 Å². The van der Waals surface area contributed by atoms with E-state index in [9.17, 15) is 35.1 Å². The minimum absolute atomic E-state index is 0.00319. The van der Waals surface area contributed by atoms with Crippen LogP contribution in [-0.2, 0) is 45.1 Å². The van der Waals surface area contributed by atoms with E-state index in [0.717, 1.165) is 66.9 Å². The van der Waals surface area contributed by atoms with Crippen LogP contribution in [0.25, 0.3) is 0 Å². The van der Waals surface area contributed by atoms with Gasteiger partial charge in [-0.15, -0.1) is 0 Å². The van der Waals surface area contributed by atoms with Crippen LogP contribution in [0.4, 0.5) is 0 Å². The van der Waals surface area contributed by atoms with Crippen LogP contribution in [-0.4, -0.2) is 140 Å². The molecule has 11 atom stereocenters. The standard InChI is InChI=1S/C18H19NO2.C17H19NO4.C17H17NO4/c1-10-3-5-12-13-9-11-4-6-14(20)16-15(11)18(12,17(10)21-16)7-8-19(13)2;2*1-18-7-6-16-13-9-2-3-10(19)14(13)22-15(16)11(20)4-5-17(16,21)12(18)8-9/h3-6,13,17,20H,7-9H2,1-2H3;2-3,12,15,19,21H,4-8H2,1H3;2-5,12,15,19,21H,6-8H2,1H3/t13-,17+,18+;2*12-,15+,16+,17-/m111/s1. The number of aromatic hydroxyl groups is 3. The predicted molar refractivity (Wildman–Crippen MR) is 237 cm³/mol. The second-order valence-electron chi connectivity index (χ2n) is 21.1. The molecule has 0 aromatic heterocycles. The molecule has 6 heterocycles. The maximum Gasteiger partial charge on any atom is 0.196 e. The van der Waals surface area contributed by atoms with E-state index in [2.05, 4.69) is 46.9 Å². The summed E-state index contributed by atoms with van der Waals surface area (Å²) in [4.78, 5) is 31.8. The Bertz CT molecular complexity index is 2790. The predicted octanol–water partition coefficient (Wildman–Crippen LogP) is 3.80. The highest BCUT2D eigenvalue weighted by Gasteiger charge is 2.74. The lowest BCUT2D eigenvalue weighted by atomic mass is 9.49. The van der Waals surface area contributed by atoms with Crippen molar-refractivity contribution in [3.8, 4) is 34.5 Å². The summed E-state index contributed by atoms with van der Waals surface area (Å²) in [5.41, 5.74) is 5.75. The first-order valence-electron chi connectivity index (χ1n) is 23.4. The number of phenols is 3. The maximum absolute atomic E-state index is 12.5. The molecule has 65 heavy (non-hydrogen) atoms. The summed E-state index contributed by atoms with van der Waals surface area (Å²) >= 11 is 0. The average molecular weight is 882 g/mol. The number of piperidine rings is 3. The number of likely N-dealkylation sites (N-methyl/N-ethyl adjacent to an activating group) is 3. The molecule has 338 valence electrons. The Hall–Kier alpha value is -5.18. The van der Waals surface area contributed by atoms with Crippen LogP contribution in [0, 0.1) is 0 Å². The number of rotatable bonds is 0. The number of allylic oxidation sites excluding steroid dienone is 2. The number of phenolic OH excluding ortho intramolecular Hbond substituents is 3. The number of hydrogen-bond acceptors (Lipinski definition) is 13. The minimum atomic E-state index is -1.13. The molecule has 0 unspecified atom stereocenters. The monoisotopic (exact) mass is 881 g/mol. The Balaban J connectivity index is 0.0000000978. The van der Waals surface area contributed by atoms with Crippen LogP contribution in [0.5, 0.6) is 34.5 Å². The van der Waals surface area contributed by atoms with Crippen LogP contribution in [0.1, 0.15) is 72.4 Å². The van der Waals surface area contributed by atoms with Crippen molar-refractivity contribution in [3.05, 3.63) is 105 Å². The normalized spacial score (nSPS) is 39.7. The molecule has 6 aliphatic heterocycles. The van der Waals surface area contributed by atoms with Crippen molar-refractivity contribution >= 4 is 11.6 Å². The van der Waals surface area contributed by atoms with Gasteiger partial charge in [-0.25, -0.2) is 0 Å². The van der Waals surface area contributed by atoms with Crippen LogP contribution in [0.15, 0.2) is 71.8 Å². The van der Waals surface area contributed by atoms with Gasteiger partial charge in [0.15, 0.2) is 58.3 Å². The quantitative estimate of drug-likeness (QED) is 0.221. The molecule has 6 bridgehead atoms. The second-order valence-corrected chi connectivity index (χ2v) is 21.1. The molecule has 6 aliphatic carbocycles.